The molecule has 0 radical (unpaired) electrons. The Morgan fingerprint density at radius 2 is 1.75 bits per heavy atom. The normalized spacial score (nSPS) is 15.1. The van der Waals surface area contributed by atoms with E-state index < -0.39 is 0 Å². The molecule has 0 saturated heterocycles. The zero-order chi connectivity index (χ0) is 15.2. The van der Waals surface area contributed by atoms with Crippen molar-refractivity contribution in [1.82, 2.24) is 5.32 Å². The lowest BCUT2D eigenvalue weighted by Gasteiger charge is -2.31. The lowest BCUT2D eigenvalue weighted by Crippen LogP contribution is -2.35. The molecule has 0 amide bonds. The zero-order valence-corrected chi connectivity index (χ0v) is 15.8. The Labute approximate surface area is 139 Å². The Hall–Kier alpha value is -0.0900. The Morgan fingerprint density at radius 3 is 2.25 bits per heavy atom. The maximum absolute atomic E-state index is 3.73. The summed E-state index contributed by atoms with van der Waals surface area (Å²) in [5.74, 6) is 0.723. The fourth-order valence-corrected chi connectivity index (χ4v) is 2.63. The standard InChI is InChI=1S/C18H30IN/c1-6-11-20-17(12-14(2)18(3,4)5)13-15-7-9-16(19)10-8-15/h7-10,14,17,20H,6,11-13H2,1-5H3. The van der Waals surface area contributed by atoms with Crippen molar-refractivity contribution in [2.45, 2.75) is 59.9 Å². The highest BCUT2D eigenvalue weighted by molar-refractivity contribution is 14.1. The van der Waals surface area contributed by atoms with Gasteiger partial charge in [-0.3, -0.25) is 0 Å². The van der Waals surface area contributed by atoms with E-state index >= 15 is 0 Å². The van der Waals surface area contributed by atoms with Gasteiger partial charge in [0.25, 0.3) is 0 Å². The van der Waals surface area contributed by atoms with Crippen molar-refractivity contribution in [3.05, 3.63) is 33.4 Å². The highest BCUT2D eigenvalue weighted by Crippen LogP contribution is 2.29. The maximum Gasteiger partial charge on any atom is 0.0130 e. The van der Waals surface area contributed by atoms with Crippen LogP contribution in [0.4, 0.5) is 0 Å². The summed E-state index contributed by atoms with van der Waals surface area (Å²) in [5.41, 5.74) is 1.83. The summed E-state index contributed by atoms with van der Waals surface area (Å²) in [6.07, 6.45) is 3.58. The van der Waals surface area contributed by atoms with Crippen molar-refractivity contribution in [2.24, 2.45) is 11.3 Å². The summed E-state index contributed by atoms with van der Waals surface area (Å²) in [7, 11) is 0. The molecule has 2 heteroatoms. The lowest BCUT2D eigenvalue weighted by molar-refractivity contribution is 0.222. The van der Waals surface area contributed by atoms with E-state index in [1.807, 2.05) is 0 Å². The molecule has 0 saturated carbocycles. The average Bonchev–Trinajstić information content (AvgIpc) is 2.37. The molecule has 1 aromatic rings. The molecule has 0 heterocycles. The molecule has 0 fully saturated rings. The first-order chi connectivity index (χ1) is 9.32. The van der Waals surface area contributed by atoms with E-state index in [2.05, 4.69) is 86.8 Å². The molecule has 1 nitrogen and oxygen atoms in total. The molecular weight excluding hydrogens is 357 g/mol. The summed E-state index contributed by atoms with van der Waals surface area (Å²) < 4.78 is 1.31. The summed E-state index contributed by atoms with van der Waals surface area (Å²) in [4.78, 5) is 0. The predicted molar refractivity (Wildman–Crippen MR) is 98.2 cm³/mol. The van der Waals surface area contributed by atoms with E-state index in [0.717, 1.165) is 18.9 Å². The second kappa shape index (κ2) is 8.38. The van der Waals surface area contributed by atoms with Crippen LogP contribution in [0.3, 0.4) is 0 Å². The van der Waals surface area contributed by atoms with Crippen molar-refractivity contribution in [3.63, 3.8) is 0 Å². The van der Waals surface area contributed by atoms with Gasteiger partial charge in [0.1, 0.15) is 0 Å². The number of benzene rings is 1. The van der Waals surface area contributed by atoms with Gasteiger partial charge in [0.15, 0.2) is 0 Å². The molecule has 0 spiro atoms. The second-order valence-electron chi connectivity index (χ2n) is 6.98. The predicted octanol–water partition coefficient (Wildman–Crippen LogP) is 5.27. The largest absolute Gasteiger partial charge is 0.314 e. The third-order valence-corrected chi connectivity index (χ3v) is 4.91. The minimum atomic E-state index is 0.387. The van der Waals surface area contributed by atoms with Crippen molar-refractivity contribution >= 4 is 22.6 Å². The quantitative estimate of drug-likeness (QED) is 0.628. The summed E-state index contributed by atoms with van der Waals surface area (Å²) in [5, 5.41) is 3.73. The van der Waals surface area contributed by atoms with Gasteiger partial charge in [-0.25, -0.2) is 0 Å². The topological polar surface area (TPSA) is 12.0 Å². The van der Waals surface area contributed by atoms with Crippen molar-refractivity contribution in [3.8, 4) is 0 Å². The van der Waals surface area contributed by atoms with Crippen LogP contribution in [0.5, 0.6) is 0 Å². The lowest BCUT2D eigenvalue weighted by atomic mass is 9.78. The van der Waals surface area contributed by atoms with Crippen LogP contribution in [-0.4, -0.2) is 12.6 Å². The number of rotatable bonds is 7. The third kappa shape index (κ3) is 6.57. The van der Waals surface area contributed by atoms with Crippen LogP contribution in [0, 0.1) is 14.9 Å². The molecule has 0 aliphatic carbocycles. The molecule has 0 aromatic heterocycles. The molecule has 1 rings (SSSR count). The first-order valence-corrected chi connectivity index (χ1v) is 8.88. The fraction of sp³-hybridized carbons (Fsp3) is 0.667. The number of hydrogen-bond acceptors (Lipinski definition) is 1. The first-order valence-electron chi connectivity index (χ1n) is 7.80. The van der Waals surface area contributed by atoms with E-state index in [1.165, 1.54) is 22.0 Å². The van der Waals surface area contributed by atoms with Gasteiger partial charge in [-0.2, -0.15) is 0 Å². The molecule has 0 aliphatic rings. The van der Waals surface area contributed by atoms with Crippen LogP contribution in [0.15, 0.2) is 24.3 Å². The van der Waals surface area contributed by atoms with Gasteiger partial charge in [-0.1, -0.05) is 46.8 Å². The van der Waals surface area contributed by atoms with Gasteiger partial charge in [-0.15, -0.1) is 0 Å². The third-order valence-electron chi connectivity index (χ3n) is 4.19. The highest BCUT2D eigenvalue weighted by Gasteiger charge is 2.23. The fourth-order valence-electron chi connectivity index (χ4n) is 2.27. The maximum atomic E-state index is 3.73. The van der Waals surface area contributed by atoms with Crippen molar-refractivity contribution < 1.29 is 0 Å². The van der Waals surface area contributed by atoms with Crippen LogP contribution < -0.4 is 5.32 Å². The summed E-state index contributed by atoms with van der Waals surface area (Å²) in [6, 6.07) is 9.54. The molecule has 2 unspecified atom stereocenters. The number of hydrogen-bond donors (Lipinski definition) is 1. The summed E-state index contributed by atoms with van der Waals surface area (Å²) >= 11 is 2.37. The van der Waals surface area contributed by atoms with Crippen molar-refractivity contribution in [2.75, 3.05) is 6.54 Å². The van der Waals surface area contributed by atoms with E-state index in [9.17, 15) is 0 Å². The Bertz CT molecular complexity index is 377. The molecule has 0 bridgehead atoms. The van der Waals surface area contributed by atoms with Crippen LogP contribution >= 0.6 is 22.6 Å². The molecule has 2 atom stereocenters. The highest BCUT2D eigenvalue weighted by atomic mass is 127. The Kier molecular flexibility index (Phi) is 7.52. The van der Waals surface area contributed by atoms with Crippen LogP contribution in [0.2, 0.25) is 0 Å². The van der Waals surface area contributed by atoms with Gasteiger partial charge < -0.3 is 5.32 Å². The SMILES string of the molecule is CCCNC(Cc1ccc(I)cc1)CC(C)C(C)(C)C. The Morgan fingerprint density at radius 1 is 1.15 bits per heavy atom. The first kappa shape index (κ1) is 18.0. The monoisotopic (exact) mass is 387 g/mol. The smallest absolute Gasteiger partial charge is 0.0130 e. The van der Waals surface area contributed by atoms with Gasteiger partial charge in [-0.05, 0) is 77.4 Å². The molecule has 1 aromatic carbocycles. The van der Waals surface area contributed by atoms with Gasteiger partial charge in [0.05, 0.1) is 0 Å². The van der Waals surface area contributed by atoms with Gasteiger partial charge in [0, 0.05) is 9.61 Å². The van der Waals surface area contributed by atoms with Crippen molar-refractivity contribution in [1.29, 1.82) is 0 Å². The Balaban J connectivity index is 2.66. The minimum absolute atomic E-state index is 0.387. The number of nitrogens with one attached hydrogen (secondary N) is 1. The van der Waals surface area contributed by atoms with E-state index in [4.69, 9.17) is 0 Å². The molecule has 0 aliphatic heterocycles. The molecule has 114 valence electrons. The van der Waals surface area contributed by atoms with Crippen LogP contribution in [0.25, 0.3) is 0 Å². The van der Waals surface area contributed by atoms with Crippen LogP contribution in [0.1, 0.15) is 53.0 Å². The van der Waals surface area contributed by atoms with E-state index in [0.29, 0.717) is 11.5 Å². The molecule has 20 heavy (non-hydrogen) atoms. The number of halogens is 1. The van der Waals surface area contributed by atoms with E-state index in [-0.39, 0.29) is 0 Å². The average molecular weight is 387 g/mol. The minimum Gasteiger partial charge on any atom is -0.314 e. The summed E-state index contributed by atoms with van der Waals surface area (Å²) in [6.45, 7) is 12.8. The van der Waals surface area contributed by atoms with Crippen LogP contribution in [-0.2, 0) is 6.42 Å². The van der Waals surface area contributed by atoms with Gasteiger partial charge in [0.2, 0.25) is 0 Å². The molecule has 1 N–H and O–H groups in total. The zero-order valence-electron chi connectivity index (χ0n) is 13.7. The van der Waals surface area contributed by atoms with E-state index in [1.54, 1.807) is 0 Å². The molecular formula is C18H30IN. The second-order valence-corrected chi connectivity index (χ2v) is 8.23. The van der Waals surface area contributed by atoms with Gasteiger partial charge >= 0.3 is 0 Å².